The number of hydrogen-bond acceptors (Lipinski definition) is 6. The van der Waals surface area contributed by atoms with Crippen LogP contribution in [0.5, 0.6) is 0 Å². The third kappa shape index (κ3) is 10.3. The molecule has 192 valence electrons. The van der Waals surface area contributed by atoms with Gasteiger partial charge in [-0.3, -0.25) is 9.69 Å². The second-order valence-corrected chi connectivity index (χ2v) is 10.2. The van der Waals surface area contributed by atoms with E-state index in [-0.39, 0.29) is 11.9 Å². The van der Waals surface area contributed by atoms with Crippen molar-refractivity contribution in [3.63, 3.8) is 0 Å². The second-order valence-electron chi connectivity index (χ2n) is 9.34. The van der Waals surface area contributed by atoms with Crippen LogP contribution >= 0.6 is 15.9 Å². The van der Waals surface area contributed by atoms with Crippen molar-refractivity contribution in [2.24, 2.45) is 0 Å². The van der Waals surface area contributed by atoms with Crippen molar-refractivity contribution < 1.29 is 19.1 Å². The van der Waals surface area contributed by atoms with E-state index in [0.717, 1.165) is 68.1 Å². The normalized spacial score (nSPS) is 14.4. The Kier molecular flexibility index (Phi) is 13.6. The quantitative estimate of drug-likeness (QED) is 0.153. The van der Waals surface area contributed by atoms with Crippen molar-refractivity contribution in [1.29, 1.82) is 0 Å². The van der Waals surface area contributed by atoms with E-state index in [1.165, 1.54) is 39.0 Å². The molecule has 0 aromatic heterocycles. The number of nitrogens with two attached hydrogens (primary N) is 1. The molecule has 0 saturated heterocycles. The highest BCUT2D eigenvalue weighted by molar-refractivity contribution is 9.10. The van der Waals surface area contributed by atoms with E-state index in [2.05, 4.69) is 27.8 Å². The van der Waals surface area contributed by atoms with Crippen LogP contribution in [0.4, 0.5) is 5.69 Å². The van der Waals surface area contributed by atoms with Gasteiger partial charge in [-0.2, -0.15) is 0 Å². The number of anilines is 1. The van der Waals surface area contributed by atoms with Gasteiger partial charge in [-0.05, 0) is 65.9 Å². The summed E-state index contributed by atoms with van der Waals surface area (Å²) in [5.41, 5.74) is 8.61. The summed E-state index contributed by atoms with van der Waals surface area (Å²) in [6, 6.07) is 4.28. The maximum atomic E-state index is 12.7. The molecule has 0 radical (unpaired) electrons. The molecule has 1 fully saturated rings. The number of ether oxygens (including phenoxy) is 2. The largest absolute Gasteiger partial charge is 0.466 e. The number of hydrogen-bond donors (Lipinski definition) is 1. The zero-order chi connectivity index (χ0) is 24.8. The number of halogens is 1. The van der Waals surface area contributed by atoms with Gasteiger partial charge in [0.1, 0.15) is 0 Å². The predicted octanol–water partition coefficient (Wildman–Crippen LogP) is 6.64. The van der Waals surface area contributed by atoms with Crippen molar-refractivity contribution in [2.75, 3.05) is 25.5 Å². The van der Waals surface area contributed by atoms with Crippen molar-refractivity contribution in [2.45, 2.75) is 103 Å². The third-order valence-electron chi connectivity index (χ3n) is 6.65. The monoisotopic (exact) mass is 538 g/mol. The lowest BCUT2D eigenvalue weighted by molar-refractivity contribution is -0.141. The van der Waals surface area contributed by atoms with Gasteiger partial charge in [0, 0.05) is 24.0 Å². The Hall–Kier alpha value is -1.60. The van der Waals surface area contributed by atoms with Crippen LogP contribution in [-0.2, 0) is 20.8 Å². The molecule has 2 rings (SSSR count). The molecule has 0 aliphatic heterocycles. The van der Waals surface area contributed by atoms with Crippen LogP contribution in [-0.4, -0.2) is 42.6 Å². The maximum Gasteiger partial charge on any atom is 0.338 e. The highest BCUT2D eigenvalue weighted by Crippen LogP contribution is 2.30. The van der Waals surface area contributed by atoms with Gasteiger partial charge in [-0.1, -0.05) is 58.3 Å². The van der Waals surface area contributed by atoms with Crippen LogP contribution < -0.4 is 5.73 Å². The number of esters is 2. The molecule has 1 aliphatic rings. The van der Waals surface area contributed by atoms with E-state index in [1.54, 1.807) is 6.07 Å². The van der Waals surface area contributed by atoms with Crippen LogP contribution in [0, 0.1) is 0 Å². The molecular weight excluding hydrogens is 496 g/mol. The van der Waals surface area contributed by atoms with E-state index in [1.807, 2.05) is 6.07 Å². The molecule has 34 heavy (non-hydrogen) atoms. The molecule has 6 nitrogen and oxygen atoms in total. The minimum atomic E-state index is -0.284. The van der Waals surface area contributed by atoms with E-state index in [9.17, 15) is 9.59 Å². The van der Waals surface area contributed by atoms with E-state index >= 15 is 0 Å². The number of rotatable bonds is 15. The molecular formula is C27H43BrN2O4. The summed E-state index contributed by atoms with van der Waals surface area (Å²) < 4.78 is 11.2. The number of benzene rings is 1. The van der Waals surface area contributed by atoms with Gasteiger partial charge in [0.05, 0.1) is 24.5 Å². The van der Waals surface area contributed by atoms with Crippen LogP contribution in [0.1, 0.15) is 107 Å². The summed E-state index contributed by atoms with van der Waals surface area (Å²) in [7, 11) is 0. The fourth-order valence-electron chi connectivity index (χ4n) is 4.64. The Morgan fingerprint density at radius 1 is 0.971 bits per heavy atom. The first-order valence-corrected chi connectivity index (χ1v) is 13.8. The summed E-state index contributed by atoms with van der Waals surface area (Å²) in [6.45, 7) is 6.32. The van der Waals surface area contributed by atoms with Gasteiger partial charge in [0.25, 0.3) is 0 Å². The zero-order valence-electron chi connectivity index (χ0n) is 21.1. The molecule has 1 aromatic rings. The van der Waals surface area contributed by atoms with Gasteiger partial charge >= 0.3 is 11.9 Å². The Balaban J connectivity index is 1.73. The van der Waals surface area contributed by atoms with Crippen molar-refractivity contribution in [3.05, 3.63) is 27.7 Å². The average Bonchev–Trinajstić information content (AvgIpc) is 2.83. The molecule has 0 atom stereocenters. The minimum Gasteiger partial charge on any atom is -0.466 e. The lowest BCUT2D eigenvalue weighted by Crippen LogP contribution is -2.36. The highest BCUT2D eigenvalue weighted by atomic mass is 79.9. The molecule has 0 bridgehead atoms. The topological polar surface area (TPSA) is 81.9 Å². The molecule has 1 aliphatic carbocycles. The van der Waals surface area contributed by atoms with Gasteiger partial charge in [-0.15, -0.1) is 0 Å². The van der Waals surface area contributed by atoms with Crippen LogP contribution in [0.3, 0.4) is 0 Å². The molecule has 0 amide bonds. The Bertz CT molecular complexity index is 765. The number of nitrogens with zero attached hydrogens (tertiary/aromatic N) is 1. The van der Waals surface area contributed by atoms with Crippen molar-refractivity contribution in [3.8, 4) is 0 Å². The highest BCUT2D eigenvalue weighted by Gasteiger charge is 2.22. The Morgan fingerprint density at radius 3 is 2.15 bits per heavy atom. The van der Waals surface area contributed by atoms with E-state index < -0.39 is 0 Å². The maximum absolute atomic E-state index is 12.7. The van der Waals surface area contributed by atoms with Gasteiger partial charge in [0.15, 0.2) is 0 Å². The average molecular weight is 540 g/mol. The standard InChI is InChI=1S/C27H43BrN2O4/c1-3-30(24-14-10-9-11-15-24)20-23-18-22(19-25(28)26(23)29)27(32)34-17-13-8-6-4-5-7-12-16-33-21(2)31/h18-19,24H,3-17,20,29H2,1-2H3. The zero-order valence-corrected chi connectivity index (χ0v) is 22.7. The van der Waals surface area contributed by atoms with Crippen LogP contribution in [0.25, 0.3) is 0 Å². The number of carbonyl (C=O) groups is 2. The van der Waals surface area contributed by atoms with Crippen molar-refractivity contribution in [1.82, 2.24) is 4.90 Å². The molecule has 2 N–H and O–H groups in total. The Labute approximate surface area is 214 Å². The van der Waals surface area contributed by atoms with Gasteiger partial charge in [-0.25, -0.2) is 4.79 Å². The number of nitrogen functional groups attached to an aromatic ring is 1. The summed E-state index contributed by atoms with van der Waals surface area (Å²) in [5, 5.41) is 0. The second kappa shape index (κ2) is 16.1. The van der Waals surface area contributed by atoms with E-state index in [0.29, 0.717) is 30.5 Å². The number of carbonyl (C=O) groups excluding carboxylic acids is 2. The molecule has 1 saturated carbocycles. The van der Waals surface area contributed by atoms with Gasteiger partial charge in [0.2, 0.25) is 0 Å². The Morgan fingerprint density at radius 2 is 1.56 bits per heavy atom. The first-order valence-electron chi connectivity index (χ1n) is 13.0. The summed E-state index contributed by atoms with van der Waals surface area (Å²) in [5.74, 6) is -0.493. The first-order chi connectivity index (χ1) is 16.4. The number of unbranched alkanes of at least 4 members (excludes halogenated alkanes) is 6. The summed E-state index contributed by atoms with van der Waals surface area (Å²) in [6.07, 6.45) is 13.7. The lowest BCUT2D eigenvalue weighted by atomic mass is 9.93. The fraction of sp³-hybridized carbons (Fsp3) is 0.704. The van der Waals surface area contributed by atoms with E-state index in [4.69, 9.17) is 15.2 Å². The summed E-state index contributed by atoms with van der Waals surface area (Å²) >= 11 is 3.54. The predicted molar refractivity (Wildman–Crippen MR) is 141 cm³/mol. The molecule has 0 unspecified atom stereocenters. The van der Waals surface area contributed by atoms with Crippen molar-refractivity contribution >= 4 is 33.6 Å². The first kappa shape index (κ1) is 28.6. The molecule has 7 heteroatoms. The molecule has 0 spiro atoms. The van der Waals surface area contributed by atoms with Gasteiger partial charge < -0.3 is 15.2 Å². The fourth-order valence-corrected chi connectivity index (χ4v) is 5.14. The molecule has 0 heterocycles. The van der Waals surface area contributed by atoms with Crippen LogP contribution in [0.15, 0.2) is 16.6 Å². The molecule has 1 aromatic carbocycles. The lowest BCUT2D eigenvalue weighted by Gasteiger charge is -2.34. The van der Waals surface area contributed by atoms with Crippen LogP contribution in [0.2, 0.25) is 0 Å². The SMILES string of the molecule is CCN(Cc1cc(C(=O)OCCCCCCCCCOC(C)=O)cc(Br)c1N)C1CCCCC1. The third-order valence-corrected chi connectivity index (χ3v) is 7.30. The summed E-state index contributed by atoms with van der Waals surface area (Å²) in [4.78, 5) is 25.9. The smallest absolute Gasteiger partial charge is 0.338 e. The minimum absolute atomic E-state index is 0.209.